The lowest BCUT2D eigenvalue weighted by atomic mass is 9.86. The van der Waals surface area contributed by atoms with E-state index in [1.54, 1.807) is 4.90 Å². The zero-order valence-electron chi connectivity index (χ0n) is 16.2. The van der Waals surface area contributed by atoms with Crippen LogP contribution in [0.4, 0.5) is 17.6 Å². The number of fused-ring (bicyclic) bond motifs is 1. The average Bonchev–Trinajstić information content (AvgIpc) is 2.89. The first-order valence-electron chi connectivity index (χ1n) is 9.74. The van der Waals surface area contributed by atoms with Crippen molar-refractivity contribution in [2.45, 2.75) is 64.9 Å². The maximum atomic E-state index is 12.5. The highest BCUT2D eigenvalue weighted by Crippen LogP contribution is 2.34. The molecule has 26 heavy (non-hydrogen) atoms. The summed E-state index contributed by atoms with van der Waals surface area (Å²) in [6.07, 6.45) is 5.48. The van der Waals surface area contributed by atoms with E-state index in [1.807, 2.05) is 0 Å². The number of nitrogens with two attached hydrogens (primary N) is 1. The van der Waals surface area contributed by atoms with Crippen LogP contribution >= 0.6 is 0 Å². The zero-order valence-corrected chi connectivity index (χ0v) is 16.2. The third-order valence-electron chi connectivity index (χ3n) is 5.28. The van der Waals surface area contributed by atoms with Gasteiger partial charge in [-0.05, 0) is 45.4 Å². The van der Waals surface area contributed by atoms with Crippen LogP contribution in [0.5, 0.6) is 0 Å². The van der Waals surface area contributed by atoms with Crippen molar-refractivity contribution in [1.82, 2.24) is 9.97 Å². The number of carbonyl (C=O) groups is 1. The van der Waals surface area contributed by atoms with Gasteiger partial charge in [0, 0.05) is 25.3 Å². The van der Waals surface area contributed by atoms with E-state index in [0.717, 1.165) is 50.8 Å². The van der Waals surface area contributed by atoms with Crippen LogP contribution in [0.15, 0.2) is 0 Å². The summed E-state index contributed by atoms with van der Waals surface area (Å²) in [6.45, 7) is 8.69. The number of nitrogens with one attached hydrogen (secondary N) is 1. The maximum absolute atomic E-state index is 12.5. The Kier molecular flexibility index (Phi) is 5.65. The van der Waals surface area contributed by atoms with E-state index in [4.69, 9.17) is 10.5 Å². The second-order valence-corrected chi connectivity index (χ2v) is 7.99. The summed E-state index contributed by atoms with van der Waals surface area (Å²) in [5.74, 6) is 2.25. The topological polar surface area (TPSA) is 93.4 Å². The molecule has 1 saturated heterocycles. The Hall–Kier alpha value is -1.89. The maximum Gasteiger partial charge on any atom is 0.232 e. The molecule has 1 aromatic heterocycles. The summed E-state index contributed by atoms with van der Waals surface area (Å²) in [6, 6.07) is 0. The third-order valence-corrected chi connectivity index (χ3v) is 5.28. The van der Waals surface area contributed by atoms with E-state index in [1.165, 1.54) is 0 Å². The summed E-state index contributed by atoms with van der Waals surface area (Å²) in [7, 11) is 0. The minimum absolute atomic E-state index is 0.0676. The van der Waals surface area contributed by atoms with Crippen molar-refractivity contribution in [2.75, 3.05) is 35.6 Å². The molecule has 2 aliphatic heterocycles. The van der Waals surface area contributed by atoms with Crippen LogP contribution < -0.4 is 16.0 Å². The van der Waals surface area contributed by atoms with Crippen molar-refractivity contribution < 1.29 is 9.53 Å². The molecule has 0 radical (unpaired) electrons. The Bertz CT molecular complexity index is 662. The van der Waals surface area contributed by atoms with Crippen LogP contribution in [0.3, 0.4) is 0 Å². The summed E-state index contributed by atoms with van der Waals surface area (Å²) >= 11 is 0. The molecule has 0 spiro atoms. The Balaban J connectivity index is 1.69. The smallest absolute Gasteiger partial charge is 0.232 e. The van der Waals surface area contributed by atoms with Gasteiger partial charge in [0.2, 0.25) is 11.9 Å². The Morgan fingerprint density at radius 3 is 2.92 bits per heavy atom. The molecule has 3 rings (SSSR count). The molecule has 3 heterocycles. The molecule has 1 unspecified atom stereocenters. The van der Waals surface area contributed by atoms with Gasteiger partial charge in [0.15, 0.2) is 0 Å². The SMILES string of the molecule is CCCCNc1nc(N)c2c(n1)N(CCC1CCOC(C)(C)C1)C(=O)C2. The van der Waals surface area contributed by atoms with Gasteiger partial charge in [-0.1, -0.05) is 13.3 Å². The molecular weight excluding hydrogens is 330 g/mol. The molecule has 7 nitrogen and oxygen atoms in total. The van der Waals surface area contributed by atoms with Gasteiger partial charge in [-0.25, -0.2) is 0 Å². The average molecular weight is 361 g/mol. The van der Waals surface area contributed by atoms with Gasteiger partial charge < -0.3 is 15.8 Å². The minimum atomic E-state index is -0.0706. The zero-order chi connectivity index (χ0) is 18.7. The van der Waals surface area contributed by atoms with Crippen molar-refractivity contribution in [1.29, 1.82) is 0 Å². The third kappa shape index (κ3) is 4.26. The van der Waals surface area contributed by atoms with E-state index in [0.29, 0.717) is 36.5 Å². The molecule has 1 amide bonds. The van der Waals surface area contributed by atoms with Gasteiger partial charge in [-0.2, -0.15) is 9.97 Å². The standard InChI is InChI=1S/C19H31N5O2/c1-4-5-8-21-18-22-16(20)14-11-15(25)24(17(14)23-18)9-6-13-7-10-26-19(2,3)12-13/h13H,4-12H2,1-3H3,(H3,20,21,22,23). The van der Waals surface area contributed by atoms with E-state index in [9.17, 15) is 4.79 Å². The summed E-state index contributed by atoms with van der Waals surface area (Å²) in [4.78, 5) is 23.2. The summed E-state index contributed by atoms with van der Waals surface area (Å²) < 4.78 is 5.80. The van der Waals surface area contributed by atoms with Crippen molar-refractivity contribution in [3.63, 3.8) is 0 Å². The lowest BCUT2D eigenvalue weighted by molar-refractivity contribution is -0.117. The summed E-state index contributed by atoms with van der Waals surface area (Å²) in [5, 5.41) is 3.21. The first kappa shape index (κ1) is 18.9. The second kappa shape index (κ2) is 7.78. The van der Waals surface area contributed by atoms with Gasteiger partial charge in [-0.15, -0.1) is 0 Å². The first-order chi connectivity index (χ1) is 12.4. The number of hydrogen-bond donors (Lipinski definition) is 2. The van der Waals surface area contributed by atoms with E-state index < -0.39 is 0 Å². The summed E-state index contributed by atoms with van der Waals surface area (Å²) in [5.41, 5.74) is 6.79. The van der Waals surface area contributed by atoms with Gasteiger partial charge in [-0.3, -0.25) is 9.69 Å². The monoisotopic (exact) mass is 361 g/mol. The predicted molar refractivity (Wildman–Crippen MR) is 103 cm³/mol. The number of carbonyl (C=O) groups excluding carboxylic acids is 1. The Morgan fingerprint density at radius 1 is 1.38 bits per heavy atom. The minimum Gasteiger partial charge on any atom is -0.383 e. The number of unbranched alkanes of at least 4 members (excludes halogenated alkanes) is 1. The fraction of sp³-hybridized carbons (Fsp3) is 0.737. The molecule has 3 N–H and O–H groups in total. The number of aromatic nitrogens is 2. The quantitative estimate of drug-likeness (QED) is 0.725. The van der Waals surface area contributed by atoms with Crippen LogP contribution in [-0.4, -0.2) is 41.2 Å². The molecule has 144 valence electrons. The lowest BCUT2D eigenvalue weighted by Crippen LogP contribution is -2.36. The Labute approximate surface area is 155 Å². The highest BCUT2D eigenvalue weighted by Gasteiger charge is 2.34. The molecule has 0 aromatic carbocycles. The molecule has 7 heteroatoms. The number of anilines is 3. The van der Waals surface area contributed by atoms with Crippen LogP contribution in [0.1, 0.15) is 58.4 Å². The van der Waals surface area contributed by atoms with Crippen molar-refractivity contribution in [3.05, 3.63) is 5.56 Å². The van der Waals surface area contributed by atoms with E-state index in [-0.39, 0.29) is 11.5 Å². The molecule has 0 aliphatic carbocycles. The molecule has 1 fully saturated rings. The normalized spacial score (nSPS) is 21.7. The van der Waals surface area contributed by atoms with Crippen LogP contribution in [0, 0.1) is 5.92 Å². The number of ether oxygens (including phenoxy) is 1. The molecular formula is C19H31N5O2. The molecule has 2 aliphatic rings. The lowest BCUT2D eigenvalue weighted by Gasteiger charge is -2.36. The van der Waals surface area contributed by atoms with Gasteiger partial charge >= 0.3 is 0 Å². The van der Waals surface area contributed by atoms with Crippen LogP contribution in [0.2, 0.25) is 0 Å². The Morgan fingerprint density at radius 2 is 2.19 bits per heavy atom. The number of amides is 1. The predicted octanol–water partition coefficient (Wildman–Crippen LogP) is 2.76. The first-order valence-corrected chi connectivity index (χ1v) is 9.74. The van der Waals surface area contributed by atoms with E-state index in [2.05, 4.69) is 36.1 Å². The molecule has 0 bridgehead atoms. The largest absolute Gasteiger partial charge is 0.383 e. The highest BCUT2D eigenvalue weighted by molar-refractivity contribution is 6.01. The highest BCUT2D eigenvalue weighted by atomic mass is 16.5. The number of nitrogen functional groups attached to an aromatic ring is 1. The molecule has 0 saturated carbocycles. The van der Waals surface area contributed by atoms with Gasteiger partial charge in [0.1, 0.15) is 11.6 Å². The molecule has 1 aromatic rings. The van der Waals surface area contributed by atoms with Gasteiger partial charge in [0.05, 0.1) is 12.0 Å². The van der Waals surface area contributed by atoms with Crippen molar-refractivity contribution >= 4 is 23.5 Å². The van der Waals surface area contributed by atoms with Gasteiger partial charge in [0.25, 0.3) is 0 Å². The van der Waals surface area contributed by atoms with Crippen LogP contribution in [0.25, 0.3) is 0 Å². The number of nitrogens with zero attached hydrogens (tertiary/aromatic N) is 3. The number of rotatable bonds is 7. The second-order valence-electron chi connectivity index (χ2n) is 7.99. The van der Waals surface area contributed by atoms with E-state index >= 15 is 0 Å². The fourth-order valence-corrected chi connectivity index (χ4v) is 3.85. The van der Waals surface area contributed by atoms with Crippen molar-refractivity contribution in [2.24, 2.45) is 5.92 Å². The fourth-order valence-electron chi connectivity index (χ4n) is 3.85. The van der Waals surface area contributed by atoms with Crippen LogP contribution in [-0.2, 0) is 16.0 Å². The number of hydrogen-bond acceptors (Lipinski definition) is 6. The molecule has 1 atom stereocenters. The van der Waals surface area contributed by atoms with Crippen molar-refractivity contribution in [3.8, 4) is 0 Å².